The number of rotatable bonds is 3. The molecule has 3 rings (SSSR count). The van der Waals surface area contributed by atoms with Crippen LogP contribution in [0.2, 0.25) is 0 Å². The molecule has 1 aromatic rings. The number of hydrogen-bond acceptors (Lipinski definition) is 3. The van der Waals surface area contributed by atoms with Crippen LogP contribution in [0.15, 0.2) is 29.8 Å². The first-order valence-corrected chi connectivity index (χ1v) is 8.86. The molecule has 2 aliphatic heterocycles. The van der Waals surface area contributed by atoms with E-state index in [0.717, 1.165) is 30.4 Å². The van der Waals surface area contributed by atoms with Gasteiger partial charge in [-0.2, -0.15) is 0 Å². The van der Waals surface area contributed by atoms with Gasteiger partial charge in [-0.05, 0) is 43.4 Å². The zero-order valence-electron chi connectivity index (χ0n) is 12.0. The van der Waals surface area contributed by atoms with Crippen molar-refractivity contribution in [2.75, 3.05) is 7.11 Å². The third-order valence-corrected chi connectivity index (χ3v) is 7.01. The second kappa shape index (κ2) is 5.44. The van der Waals surface area contributed by atoms with E-state index in [-0.39, 0.29) is 22.1 Å². The van der Waals surface area contributed by atoms with Gasteiger partial charge >= 0.3 is 0 Å². The van der Waals surface area contributed by atoms with Crippen molar-refractivity contribution in [3.05, 3.63) is 41.2 Å². The summed E-state index contributed by atoms with van der Waals surface area (Å²) < 4.78 is 43.0. The molecule has 0 aliphatic carbocycles. The van der Waals surface area contributed by atoms with Crippen LogP contribution < -0.4 is 4.74 Å². The summed E-state index contributed by atoms with van der Waals surface area (Å²) in [7, 11) is -1.54. The van der Waals surface area contributed by atoms with Gasteiger partial charge in [-0.25, -0.2) is 12.8 Å². The van der Waals surface area contributed by atoms with E-state index < -0.39 is 9.84 Å². The quantitative estimate of drug-likeness (QED) is 0.806. The van der Waals surface area contributed by atoms with Crippen LogP contribution >= 0.6 is 0 Å². The Balaban J connectivity index is 1.83. The Labute approximate surface area is 124 Å². The molecule has 0 amide bonds. The van der Waals surface area contributed by atoms with Gasteiger partial charge in [0.1, 0.15) is 0 Å². The highest BCUT2D eigenvalue weighted by Crippen LogP contribution is 2.36. The van der Waals surface area contributed by atoms with Crippen LogP contribution in [-0.2, 0) is 16.3 Å². The highest BCUT2D eigenvalue weighted by atomic mass is 32.2. The van der Waals surface area contributed by atoms with Crippen molar-refractivity contribution in [2.45, 2.75) is 42.6 Å². The average Bonchev–Trinajstić information content (AvgIpc) is 2.40. The highest BCUT2D eigenvalue weighted by Gasteiger charge is 2.40. The standard InChI is InChI=1S/C16H19FO3S/c1-20-16-6-5-11(10-15(16)17)7-12-8-13-3-2-4-14(9-12)21(13,18)19/h5-6,8,10,13-14H,2-4,7,9H2,1H3. The monoisotopic (exact) mass is 310 g/mol. The van der Waals surface area contributed by atoms with Crippen LogP contribution in [0.4, 0.5) is 4.39 Å². The molecule has 0 saturated carbocycles. The van der Waals surface area contributed by atoms with E-state index in [9.17, 15) is 12.8 Å². The molecule has 2 atom stereocenters. The molecule has 0 aromatic heterocycles. The van der Waals surface area contributed by atoms with Gasteiger partial charge in [0.05, 0.1) is 17.6 Å². The Morgan fingerprint density at radius 1 is 1.33 bits per heavy atom. The number of methoxy groups -OCH3 is 1. The Kier molecular flexibility index (Phi) is 3.78. The zero-order valence-corrected chi connectivity index (χ0v) is 12.8. The number of fused-ring (bicyclic) bond motifs is 2. The molecule has 3 nitrogen and oxygen atoms in total. The number of ether oxygens (including phenoxy) is 1. The first kappa shape index (κ1) is 14.6. The molecule has 2 unspecified atom stereocenters. The number of benzene rings is 1. The molecule has 0 spiro atoms. The molecule has 21 heavy (non-hydrogen) atoms. The van der Waals surface area contributed by atoms with Gasteiger partial charge in [0.2, 0.25) is 0 Å². The number of hydrogen-bond donors (Lipinski definition) is 0. The lowest BCUT2D eigenvalue weighted by Crippen LogP contribution is -2.39. The van der Waals surface area contributed by atoms with E-state index in [1.807, 2.05) is 12.1 Å². The normalized spacial score (nSPS) is 27.0. The minimum absolute atomic E-state index is 0.232. The summed E-state index contributed by atoms with van der Waals surface area (Å²) in [6.07, 6.45) is 5.56. The summed E-state index contributed by atoms with van der Waals surface area (Å²) >= 11 is 0. The molecule has 1 aromatic carbocycles. The van der Waals surface area contributed by atoms with Gasteiger partial charge in [0.25, 0.3) is 0 Å². The summed E-state index contributed by atoms with van der Waals surface area (Å²) in [5.74, 6) is -0.143. The van der Waals surface area contributed by atoms with Gasteiger partial charge in [-0.3, -0.25) is 0 Å². The molecule has 0 N–H and O–H groups in total. The second-order valence-corrected chi connectivity index (χ2v) is 8.31. The highest BCUT2D eigenvalue weighted by molar-refractivity contribution is 7.92. The predicted molar refractivity (Wildman–Crippen MR) is 79.7 cm³/mol. The van der Waals surface area contributed by atoms with E-state index in [0.29, 0.717) is 12.8 Å². The minimum Gasteiger partial charge on any atom is -0.494 e. The van der Waals surface area contributed by atoms with E-state index in [2.05, 4.69) is 0 Å². The Hall–Kier alpha value is -1.36. The Morgan fingerprint density at radius 2 is 2.14 bits per heavy atom. The van der Waals surface area contributed by atoms with Gasteiger partial charge in [-0.15, -0.1) is 0 Å². The van der Waals surface area contributed by atoms with Crippen LogP contribution in [0, 0.1) is 5.82 Å². The average molecular weight is 310 g/mol. The molecule has 2 bridgehead atoms. The lowest BCUT2D eigenvalue weighted by molar-refractivity contribution is 0.386. The second-order valence-electron chi connectivity index (χ2n) is 5.86. The van der Waals surface area contributed by atoms with Crippen LogP contribution in [0.25, 0.3) is 0 Å². The van der Waals surface area contributed by atoms with E-state index in [1.54, 1.807) is 6.07 Å². The van der Waals surface area contributed by atoms with Gasteiger partial charge in [0, 0.05) is 0 Å². The largest absolute Gasteiger partial charge is 0.494 e. The molecular weight excluding hydrogens is 291 g/mol. The number of sulfone groups is 1. The topological polar surface area (TPSA) is 43.4 Å². The lowest BCUT2D eigenvalue weighted by atomic mass is 9.93. The third kappa shape index (κ3) is 2.71. The maximum absolute atomic E-state index is 13.7. The van der Waals surface area contributed by atoms with Crippen molar-refractivity contribution in [1.82, 2.24) is 0 Å². The smallest absolute Gasteiger partial charge is 0.165 e. The van der Waals surface area contributed by atoms with Crippen molar-refractivity contribution < 1.29 is 17.5 Å². The van der Waals surface area contributed by atoms with Crippen LogP contribution in [-0.4, -0.2) is 26.0 Å². The molecule has 0 radical (unpaired) electrons. The van der Waals surface area contributed by atoms with Crippen molar-refractivity contribution >= 4 is 9.84 Å². The van der Waals surface area contributed by atoms with E-state index in [4.69, 9.17) is 4.74 Å². The summed E-state index contributed by atoms with van der Waals surface area (Å²) in [5.41, 5.74) is 1.97. The number of allylic oxidation sites excluding steroid dienone is 1. The Bertz CT molecular complexity index is 679. The summed E-state index contributed by atoms with van der Waals surface area (Å²) in [5, 5.41) is -0.567. The van der Waals surface area contributed by atoms with Crippen LogP contribution in [0.3, 0.4) is 0 Å². The maximum Gasteiger partial charge on any atom is 0.165 e. The minimum atomic E-state index is -2.98. The first-order chi connectivity index (χ1) is 10.0. The van der Waals surface area contributed by atoms with Crippen molar-refractivity contribution in [2.24, 2.45) is 0 Å². The third-order valence-electron chi connectivity index (χ3n) is 4.46. The summed E-state index contributed by atoms with van der Waals surface area (Å²) in [6, 6.07) is 4.92. The first-order valence-electron chi connectivity index (χ1n) is 7.25. The molecule has 2 aliphatic rings. The number of halogens is 1. The van der Waals surface area contributed by atoms with Crippen molar-refractivity contribution in [3.63, 3.8) is 0 Å². The van der Waals surface area contributed by atoms with Crippen molar-refractivity contribution in [1.29, 1.82) is 0 Å². The van der Waals surface area contributed by atoms with Crippen LogP contribution in [0.5, 0.6) is 5.75 Å². The fourth-order valence-electron chi connectivity index (χ4n) is 3.36. The molecular formula is C16H19FO3S. The molecule has 2 heterocycles. The predicted octanol–water partition coefficient (Wildman–Crippen LogP) is 3.04. The molecule has 114 valence electrons. The fourth-order valence-corrected chi connectivity index (χ4v) is 5.67. The molecule has 5 heteroatoms. The van der Waals surface area contributed by atoms with Gasteiger partial charge < -0.3 is 4.74 Å². The molecule has 1 saturated heterocycles. The SMILES string of the molecule is COc1ccc(CC2=CC3CCCC(C2)S3(=O)=O)cc1F. The van der Waals surface area contributed by atoms with Gasteiger partial charge in [-0.1, -0.05) is 24.1 Å². The van der Waals surface area contributed by atoms with Gasteiger partial charge in [0.15, 0.2) is 21.4 Å². The lowest BCUT2D eigenvalue weighted by Gasteiger charge is -2.33. The van der Waals surface area contributed by atoms with E-state index in [1.165, 1.54) is 13.2 Å². The summed E-state index contributed by atoms with van der Waals surface area (Å²) in [6.45, 7) is 0. The van der Waals surface area contributed by atoms with E-state index >= 15 is 0 Å². The zero-order chi connectivity index (χ0) is 15.0. The summed E-state index contributed by atoms with van der Waals surface area (Å²) in [4.78, 5) is 0. The maximum atomic E-state index is 13.7. The molecule has 1 fully saturated rings. The van der Waals surface area contributed by atoms with Crippen molar-refractivity contribution in [3.8, 4) is 5.75 Å². The fraction of sp³-hybridized carbons (Fsp3) is 0.500. The Morgan fingerprint density at radius 3 is 2.81 bits per heavy atom. The van der Waals surface area contributed by atoms with Crippen LogP contribution in [0.1, 0.15) is 31.2 Å².